The number of halogens is 1. The monoisotopic (exact) mass is 431 g/mol. The van der Waals surface area contributed by atoms with Crippen LogP contribution < -0.4 is 10.6 Å². The van der Waals surface area contributed by atoms with E-state index >= 15 is 0 Å². The lowest BCUT2D eigenvalue weighted by Crippen LogP contribution is -2.45. The molecule has 1 fully saturated rings. The van der Waals surface area contributed by atoms with E-state index < -0.39 is 0 Å². The molecular formula is C21H30BrN5. The predicted molar refractivity (Wildman–Crippen MR) is 115 cm³/mol. The van der Waals surface area contributed by atoms with Gasteiger partial charge in [0.05, 0.1) is 5.69 Å². The van der Waals surface area contributed by atoms with Gasteiger partial charge in [-0.3, -0.25) is 9.67 Å². The first-order valence-electron chi connectivity index (χ1n) is 9.57. The van der Waals surface area contributed by atoms with Crippen LogP contribution in [0, 0.1) is 13.8 Å². The summed E-state index contributed by atoms with van der Waals surface area (Å²) in [5.41, 5.74) is 5.27. The summed E-state index contributed by atoms with van der Waals surface area (Å²) in [4.78, 5) is 4.43. The molecule has 3 rings (SSSR count). The molecule has 0 spiro atoms. The van der Waals surface area contributed by atoms with Crippen LogP contribution in [0.2, 0.25) is 0 Å². The Hall–Kier alpha value is -1.82. The summed E-state index contributed by atoms with van der Waals surface area (Å²) < 4.78 is 3.15. The lowest BCUT2D eigenvalue weighted by atomic mass is 9.96. The molecule has 1 aromatic heterocycles. The summed E-state index contributed by atoms with van der Waals surface area (Å²) in [7, 11) is 3.84. The number of aromatic nitrogens is 2. The van der Waals surface area contributed by atoms with Crippen molar-refractivity contribution in [3.8, 4) is 0 Å². The van der Waals surface area contributed by atoms with Crippen LogP contribution in [0.5, 0.6) is 0 Å². The molecule has 1 aliphatic rings. The molecule has 2 N–H and O–H groups in total. The van der Waals surface area contributed by atoms with Crippen molar-refractivity contribution in [2.45, 2.75) is 51.5 Å². The molecule has 1 aliphatic carbocycles. The maximum atomic E-state index is 4.52. The number of aliphatic imine (C=N–C) groups is 1. The Bertz CT molecular complexity index is 835. The third kappa shape index (κ3) is 4.37. The van der Waals surface area contributed by atoms with Gasteiger partial charge in [-0.1, -0.05) is 34.1 Å². The fourth-order valence-electron chi connectivity index (χ4n) is 3.73. The van der Waals surface area contributed by atoms with Crippen LogP contribution in [0.15, 0.2) is 33.7 Å². The Morgan fingerprint density at radius 2 is 2.04 bits per heavy atom. The first-order valence-corrected chi connectivity index (χ1v) is 10.4. The fourth-order valence-corrected chi connectivity index (χ4v) is 4.44. The Morgan fingerprint density at radius 3 is 2.59 bits per heavy atom. The fraction of sp³-hybridized carbons (Fsp3) is 0.524. The van der Waals surface area contributed by atoms with E-state index in [1.807, 2.05) is 18.8 Å². The molecule has 1 unspecified atom stereocenters. The molecule has 0 saturated heterocycles. The zero-order valence-corrected chi connectivity index (χ0v) is 18.5. The molecule has 1 heterocycles. The number of hydrogen-bond donors (Lipinski definition) is 2. The number of hydrogen-bond acceptors (Lipinski definition) is 2. The smallest absolute Gasteiger partial charge is 0.191 e. The maximum absolute atomic E-state index is 4.52. The Morgan fingerprint density at radius 1 is 1.33 bits per heavy atom. The van der Waals surface area contributed by atoms with Crippen molar-refractivity contribution in [1.29, 1.82) is 0 Å². The summed E-state index contributed by atoms with van der Waals surface area (Å²) in [5, 5.41) is 11.6. The highest BCUT2D eigenvalue weighted by Crippen LogP contribution is 2.49. The van der Waals surface area contributed by atoms with Gasteiger partial charge in [-0.05, 0) is 57.2 Å². The van der Waals surface area contributed by atoms with Crippen molar-refractivity contribution < 1.29 is 0 Å². The van der Waals surface area contributed by atoms with E-state index in [0.29, 0.717) is 0 Å². The van der Waals surface area contributed by atoms with Gasteiger partial charge in [0.25, 0.3) is 0 Å². The SMILES string of the molecule is CN=C(NCC1(c2ccccc2Br)CC1)NC(C)Cc1c(C)nn(C)c1C. The second-order valence-electron chi connectivity index (χ2n) is 7.71. The molecular weight excluding hydrogens is 402 g/mol. The van der Waals surface area contributed by atoms with Crippen molar-refractivity contribution in [3.63, 3.8) is 0 Å². The van der Waals surface area contributed by atoms with Gasteiger partial charge in [-0.2, -0.15) is 5.10 Å². The standard InChI is InChI=1S/C21H30BrN5/c1-14(12-17-15(2)26-27(5)16(17)3)25-20(23-4)24-13-21(10-11-21)18-8-6-7-9-19(18)22/h6-9,14H,10-13H2,1-5H3,(H2,23,24,25). The molecule has 2 aromatic rings. The molecule has 1 atom stereocenters. The Labute approximate surface area is 170 Å². The van der Waals surface area contributed by atoms with Crippen molar-refractivity contribution in [3.05, 3.63) is 51.3 Å². The van der Waals surface area contributed by atoms with E-state index in [-0.39, 0.29) is 11.5 Å². The normalized spacial score (nSPS) is 16.9. The molecule has 0 radical (unpaired) electrons. The number of rotatable bonds is 6. The minimum Gasteiger partial charge on any atom is -0.356 e. The number of aryl methyl sites for hydroxylation is 2. The molecule has 1 saturated carbocycles. The first kappa shape index (κ1) is 19.9. The summed E-state index contributed by atoms with van der Waals surface area (Å²) in [6.45, 7) is 7.30. The summed E-state index contributed by atoms with van der Waals surface area (Å²) in [5.74, 6) is 0.861. The van der Waals surface area contributed by atoms with Crippen LogP contribution in [0.1, 0.15) is 42.3 Å². The molecule has 1 aromatic carbocycles. The van der Waals surface area contributed by atoms with Gasteiger partial charge in [-0.15, -0.1) is 0 Å². The first-order chi connectivity index (χ1) is 12.9. The number of guanidine groups is 1. The van der Waals surface area contributed by atoms with Crippen LogP contribution in [0.4, 0.5) is 0 Å². The van der Waals surface area contributed by atoms with Gasteiger partial charge < -0.3 is 10.6 Å². The lowest BCUT2D eigenvalue weighted by Gasteiger charge is -2.22. The Kier molecular flexibility index (Phi) is 5.94. The second kappa shape index (κ2) is 8.05. The zero-order valence-electron chi connectivity index (χ0n) is 16.9. The average molecular weight is 432 g/mol. The number of nitrogens with zero attached hydrogens (tertiary/aromatic N) is 3. The van der Waals surface area contributed by atoms with Gasteiger partial charge in [0, 0.05) is 42.3 Å². The minimum absolute atomic E-state index is 0.220. The van der Waals surface area contributed by atoms with Crippen molar-refractivity contribution in [2.24, 2.45) is 12.0 Å². The average Bonchev–Trinajstić information content (AvgIpc) is 3.39. The van der Waals surface area contributed by atoms with Crippen molar-refractivity contribution in [1.82, 2.24) is 20.4 Å². The minimum atomic E-state index is 0.220. The highest BCUT2D eigenvalue weighted by Gasteiger charge is 2.45. The quantitative estimate of drug-likeness (QED) is 0.542. The van der Waals surface area contributed by atoms with E-state index in [1.54, 1.807) is 0 Å². The molecule has 0 aliphatic heterocycles. The van der Waals surface area contributed by atoms with Gasteiger partial charge in [0.2, 0.25) is 0 Å². The molecule has 6 heteroatoms. The van der Waals surface area contributed by atoms with Crippen LogP contribution in [-0.4, -0.2) is 35.4 Å². The maximum Gasteiger partial charge on any atom is 0.191 e. The summed E-state index contributed by atoms with van der Waals surface area (Å²) in [6, 6.07) is 8.82. The van der Waals surface area contributed by atoms with E-state index in [1.165, 1.54) is 34.1 Å². The molecule has 0 amide bonds. The predicted octanol–water partition coefficient (Wildman–Crippen LogP) is 3.63. The topological polar surface area (TPSA) is 54.2 Å². The highest BCUT2D eigenvalue weighted by molar-refractivity contribution is 9.10. The largest absolute Gasteiger partial charge is 0.356 e. The molecule has 146 valence electrons. The van der Waals surface area contributed by atoms with Crippen LogP contribution >= 0.6 is 15.9 Å². The van der Waals surface area contributed by atoms with E-state index in [2.05, 4.69) is 81.7 Å². The summed E-state index contributed by atoms with van der Waals surface area (Å²) in [6.07, 6.45) is 3.36. The number of benzene rings is 1. The zero-order chi connectivity index (χ0) is 19.6. The molecule has 27 heavy (non-hydrogen) atoms. The third-order valence-corrected chi connectivity index (χ3v) is 6.36. The van der Waals surface area contributed by atoms with Crippen molar-refractivity contribution in [2.75, 3.05) is 13.6 Å². The van der Waals surface area contributed by atoms with E-state index in [4.69, 9.17) is 0 Å². The van der Waals surface area contributed by atoms with Crippen LogP contribution in [-0.2, 0) is 18.9 Å². The van der Waals surface area contributed by atoms with Gasteiger partial charge >= 0.3 is 0 Å². The van der Waals surface area contributed by atoms with Crippen LogP contribution in [0.25, 0.3) is 0 Å². The third-order valence-electron chi connectivity index (χ3n) is 5.67. The summed E-state index contributed by atoms with van der Waals surface area (Å²) >= 11 is 3.71. The lowest BCUT2D eigenvalue weighted by molar-refractivity contribution is 0.606. The van der Waals surface area contributed by atoms with E-state index in [9.17, 15) is 0 Å². The van der Waals surface area contributed by atoms with Gasteiger partial charge in [-0.25, -0.2) is 0 Å². The second-order valence-corrected chi connectivity index (χ2v) is 8.56. The molecule has 0 bridgehead atoms. The van der Waals surface area contributed by atoms with Crippen LogP contribution in [0.3, 0.4) is 0 Å². The van der Waals surface area contributed by atoms with Gasteiger partial charge in [0.15, 0.2) is 5.96 Å². The number of nitrogens with one attached hydrogen (secondary N) is 2. The molecule has 5 nitrogen and oxygen atoms in total. The highest BCUT2D eigenvalue weighted by atomic mass is 79.9. The van der Waals surface area contributed by atoms with Gasteiger partial charge in [0.1, 0.15) is 0 Å². The van der Waals surface area contributed by atoms with E-state index in [0.717, 1.165) is 24.6 Å². The van der Waals surface area contributed by atoms with Crippen molar-refractivity contribution >= 4 is 21.9 Å². The Balaban J connectivity index is 1.59.